The Labute approximate surface area is 177 Å². The first kappa shape index (κ1) is 20.2. The monoisotopic (exact) mass is 418 g/mol. The van der Waals surface area contributed by atoms with E-state index in [4.69, 9.17) is 10.5 Å². The van der Waals surface area contributed by atoms with Gasteiger partial charge in [-0.05, 0) is 33.9 Å². The number of carbonyl (C=O) groups is 2. The fourth-order valence-corrected chi connectivity index (χ4v) is 3.87. The maximum Gasteiger partial charge on any atom is 0.335 e. The van der Waals surface area contributed by atoms with Crippen LogP contribution in [-0.4, -0.2) is 28.6 Å². The molecule has 3 aromatic rings. The lowest BCUT2D eigenvalue weighted by atomic mass is 9.98. The molecule has 3 aromatic carbocycles. The number of non-ortho nitro benzene ring substituents is 1. The zero-order chi connectivity index (χ0) is 22.1. The van der Waals surface area contributed by atoms with E-state index in [0.29, 0.717) is 0 Å². The number of esters is 1. The van der Waals surface area contributed by atoms with Crippen molar-refractivity contribution in [3.63, 3.8) is 0 Å². The number of nitro benzene ring substituents is 1. The average molecular weight is 418 g/mol. The van der Waals surface area contributed by atoms with Crippen molar-refractivity contribution >= 4 is 17.6 Å². The lowest BCUT2D eigenvalue weighted by Gasteiger charge is -2.17. The van der Waals surface area contributed by atoms with Crippen LogP contribution in [0.15, 0.2) is 66.7 Å². The molecule has 0 saturated heterocycles. The van der Waals surface area contributed by atoms with Crippen molar-refractivity contribution in [1.82, 2.24) is 0 Å². The molecule has 0 fully saturated rings. The first-order chi connectivity index (χ1) is 14.9. The summed E-state index contributed by atoms with van der Waals surface area (Å²) in [5.74, 6) is -2.31. The summed E-state index contributed by atoms with van der Waals surface area (Å²) < 4.78 is 5.48. The Morgan fingerprint density at radius 3 is 2.16 bits per heavy atom. The Morgan fingerprint density at radius 1 is 1.03 bits per heavy atom. The molecule has 0 aromatic heterocycles. The first-order valence-corrected chi connectivity index (χ1v) is 9.50. The zero-order valence-corrected chi connectivity index (χ0v) is 16.2. The highest BCUT2D eigenvalue weighted by atomic mass is 16.6. The van der Waals surface area contributed by atoms with Gasteiger partial charge in [-0.2, -0.15) is 0 Å². The number of ether oxygens (including phenoxy) is 1. The van der Waals surface area contributed by atoms with Crippen LogP contribution in [0.4, 0.5) is 5.69 Å². The molecule has 0 heterocycles. The Hall–Kier alpha value is -4.04. The van der Waals surface area contributed by atoms with Crippen molar-refractivity contribution in [2.45, 2.75) is 12.0 Å². The summed E-state index contributed by atoms with van der Waals surface area (Å²) in [6.45, 7) is 0.0429. The predicted octanol–water partition coefficient (Wildman–Crippen LogP) is 3.65. The van der Waals surface area contributed by atoms with E-state index in [1.165, 1.54) is 0 Å². The molecule has 1 aliphatic carbocycles. The maximum absolute atomic E-state index is 12.6. The number of nitro groups is 1. The molecule has 0 radical (unpaired) electrons. The lowest BCUT2D eigenvalue weighted by Crippen LogP contribution is -2.26. The summed E-state index contributed by atoms with van der Waals surface area (Å²) in [7, 11) is 0. The summed E-state index contributed by atoms with van der Waals surface area (Å²) in [4.78, 5) is 34.3. The van der Waals surface area contributed by atoms with Gasteiger partial charge in [-0.25, -0.2) is 9.59 Å². The number of benzene rings is 3. The van der Waals surface area contributed by atoms with Gasteiger partial charge in [-0.15, -0.1) is 0 Å². The maximum atomic E-state index is 12.6. The highest BCUT2D eigenvalue weighted by Gasteiger charge is 2.30. The van der Waals surface area contributed by atoms with Gasteiger partial charge in [0.25, 0.3) is 5.69 Å². The number of carboxylic acid groups (broad SMARTS) is 1. The fourth-order valence-electron chi connectivity index (χ4n) is 3.87. The first-order valence-electron chi connectivity index (χ1n) is 9.50. The SMILES string of the molecule is NC(C(=O)OCC1c2ccccc2-c2ccccc21)c1cc(C(=O)O)cc([N+](=O)[O-])c1. The molecule has 1 atom stereocenters. The van der Waals surface area contributed by atoms with Crippen LogP contribution in [0.25, 0.3) is 11.1 Å². The summed E-state index contributed by atoms with van der Waals surface area (Å²) in [6.07, 6.45) is 0. The topological polar surface area (TPSA) is 133 Å². The van der Waals surface area contributed by atoms with Gasteiger partial charge in [-0.1, -0.05) is 48.5 Å². The second-order valence-corrected chi connectivity index (χ2v) is 7.21. The molecule has 3 N–H and O–H groups in total. The number of nitrogens with two attached hydrogens (primary N) is 1. The molecule has 156 valence electrons. The number of rotatable bonds is 6. The van der Waals surface area contributed by atoms with Crippen LogP contribution in [0.3, 0.4) is 0 Å². The van der Waals surface area contributed by atoms with E-state index in [9.17, 15) is 24.8 Å². The molecule has 0 aliphatic heterocycles. The van der Waals surface area contributed by atoms with Gasteiger partial charge in [0.15, 0.2) is 0 Å². The van der Waals surface area contributed by atoms with Crippen LogP contribution < -0.4 is 5.73 Å². The van der Waals surface area contributed by atoms with Crippen molar-refractivity contribution in [1.29, 1.82) is 0 Å². The summed E-state index contributed by atoms with van der Waals surface area (Å²) >= 11 is 0. The quantitative estimate of drug-likeness (QED) is 0.355. The lowest BCUT2D eigenvalue weighted by molar-refractivity contribution is -0.385. The van der Waals surface area contributed by atoms with Crippen LogP contribution in [0, 0.1) is 10.1 Å². The number of carbonyl (C=O) groups excluding carboxylic acids is 1. The molecule has 0 bridgehead atoms. The Kier molecular flexibility index (Phi) is 5.22. The van der Waals surface area contributed by atoms with Crippen molar-refractivity contribution in [3.8, 4) is 11.1 Å². The van der Waals surface area contributed by atoms with Gasteiger partial charge in [0, 0.05) is 18.1 Å². The smallest absolute Gasteiger partial charge is 0.335 e. The van der Waals surface area contributed by atoms with Gasteiger partial charge in [0.2, 0.25) is 0 Å². The van der Waals surface area contributed by atoms with E-state index < -0.39 is 28.6 Å². The van der Waals surface area contributed by atoms with E-state index in [1.54, 1.807) is 0 Å². The largest absolute Gasteiger partial charge is 0.478 e. The molecule has 31 heavy (non-hydrogen) atoms. The van der Waals surface area contributed by atoms with Crippen LogP contribution >= 0.6 is 0 Å². The van der Waals surface area contributed by atoms with Gasteiger partial charge < -0.3 is 15.6 Å². The van der Waals surface area contributed by atoms with Gasteiger partial charge in [0.1, 0.15) is 12.6 Å². The minimum atomic E-state index is -1.36. The van der Waals surface area contributed by atoms with Crippen LogP contribution in [-0.2, 0) is 9.53 Å². The Bertz CT molecular complexity index is 1130. The van der Waals surface area contributed by atoms with Crippen molar-refractivity contribution in [3.05, 3.63) is 99.1 Å². The molecule has 1 aliphatic rings. The number of fused-ring (bicyclic) bond motifs is 3. The Balaban J connectivity index is 1.56. The number of hydrogen-bond donors (Lipinski definition) is 2. The molecule has 4 rings (SSSR count). The van der Waals surface area contributed by atoms with E-state index >= 15 is 0 Å². The second-order valence-electron chi connectivity index (χ2n) is 7.21. The normalized spacial score (nSPS) is 13.2. The van der Waals surface area contributed by atoms with Crippen LogP contribution in [0.1, 0.15) is 39.0 Å². The number of aromatic carboxylic acids is 1. The summed E-state index contributed by atoms with van der Waals surface area (Å²) in [6, 6.07) is 17.5. The second kappa shape index (κ2) is 8.00. The Morgan fingerprint density at radius 2 is 1.61 bits per heavy atom. The predicted molar refractivity (Wildman–Crippen MR) is 112 cm³/mol. The third-order valence-corrected chi connectivity index (χ3v) is 5.37. The highest BCUT2D eigenvalue weighted by molar-refractivity contribution is 5.89. The van der Waals surface area contributed by atoms with Crippen molar-refractivity contribution in [2.75, 3.05) is 6.61 Å². The molecule has 8 nitrogen and oxygen atoms in total. The van der Waals surface area contributed by atoms with Crippen LogP contribution in [0.5, 0.6) is 0 Å². The van der Waals surface area contributed by atoms with Gasteiger partial charge in [0.05, 0.1) is 10.5 Å². The fraction of sp³-hybridized carbons (Fsp3) is 0.130. The molecule has 0 spiro atoms. The standard InChI is InChI=1S/C23H18N2O6/c24-21(13-9-14(22(26)27)11-15(10-13)25(29)30)23(28)31-12-20-18-7-3-1-5-16(18)17-6-2-4-8-19(17)20/h1-11,20-21H,12,24H2,(H,26,27). The molecular weight excluding hydrogens is 400 g/mol. The molecule has 0 saturated carbocycles. The molecule has 0 amide bonds. The van der Waals surface area contributed by atoms with E-state index in [0.717, 1.165) is 40.5 Å². The molecule has 8 heteroatoms. The number of nitrogens with zero attached hydrogens (tertiary/aromatic N) is 1. The summed E-state index contributed by atoms with van der Waals surface area (Å²) in [5.41, 5.74) is 9.40. The number of hydrogen-bond acceptors (Lipinski definition) is 6. The van der Waals surface area contributed by atoms with E-state index in [1.807, 2.05) is 48.5 Å². The summed E-state index contributed by atoms with van der Waals surface area (Å²) in [5, 5.41) is 20.3. The van der Waals surface area contributed by atoms with E-state index in [2.05, 4.69) is 0 Å². The van der Waals surface area contributed by atoms with Crippen molar-refractivity contribution in [2.24, 2.45) is 5.73 Å². The highest BCUT2D eigenvalue weighted by Crippen LogP contribution is 2.44. The van der Waals surface area contributed by atoms with Crippen LogP contribution in [0.2, 0.25) is 0 Å². The van der Waals surface area contributed by atoms with E-state index in [-0.39, 0.29) is 23.7 Å². The minimum Gasteiger partial charge on any atom is -0.478 e. The van der Waals surface area contributed by atoms with Crippen molar-refractivity contribution < 1.29 is 24.4 Å². The zero-order valence-electron chi connectivity index (χ0n) is 16.2. The van der Waals surface area contributed by atoms with Gasteiger partial charge in [-0.3, -0.25) is 10.1 Å². The third kappa shape index (κ3) is 3.76. The molecule has 1 unspecified atom stereocenters. The van der Waals surface area contributed by atoms with Gasteiger partial charge >= 0.3 is 11.9 Å². The molecular formula is C23H18N2O6. The minimum absolute atomic E-state index is 0.00354. The third-order valence-electron chi connectivity index (χ3n) is 5.37. The number of carboxylic acids is 1. The average Bonchev–Trinajstić information content (AvgIpc) is 3.10.